The Bertz CT molecular complexity index is 1030. The van der Waals surface area contributed by atoms with Gasteiger partial charge in [0.2, 0.25) is 0 Å². The number of thiol groups is 1. The first-order chi connectivity index (χ1) is 13.5. The molecular weight excluding hydrogens is 376 g/mol. The van der Waals surface area contributed by atoms with E-state index >= 15 is 0 Å². The fraction of sp³-hybridized carbons (Fsp3) is 0.400. The minimum atomic E-state index is -0.141. The molecule has 1 aliphatic heterocycles. The Morgan fingerprint density at radius 2 is 2.04 bits per heavy atom. The number of benzene rings is 1. The zero-order valence-electron chi connectivity index (χ0n) is 16.0. The highest BCUT2D eigenvalue weighted by Gasteiger charge is 2.15. The van der Waals surface area contributed by atoms with E-state index in [1.54, 1.807) is 0 Å². The number of nitrogens with one attached hydrogen (secondary N) is 2. The molecule has 2 aromatic heterocycles. The van der Waals surface area contributed by atoms with Crippen molar-refractivity contribution in [3.05, 3.63) is 40.0 Å². The first kappa shape index (κ1) is 19.0. The summed E-state index contributed by atoms with van der Waals surface area (Å²) in [4.78, 5) is 18.6. The number of aryl methyl sites for hydroxylation is 2. The van der Waals surface area contributed by atoms with Gasteiger partial charge in [0.15, 0.2) is 0 Å². The molecule has 1 saturated heterocycles. The molecule has 8 heteroatoms. The summed E-state index contributed by atoms with van der Waals surface area (Å²) in [6, 6.07) is 5.79. The summed E-state index contributed by atoms with van der Waals surface area (Å²) < 4.78 is 10.6. The standard InChI is InChI=1S/C20H24N4O3S/c1-12-19(13(2)27-23-12)14-9-16-15(18(28)10-14)11-17(20(25)22-16)21-3-4-24-5-7-26-8-6-24/h9-11,21,28H,3-8H2,1-2H3,(H,22,25). The second-order valence-electron chi connectivity index (χ2n) is 7.05. The molecule has 1 fully saturated rings. The normalized spacial score (nSPS) is 15.2. The molecule has 3 aromatic rings. The molecule has 0 radical (unpaired) electrons. The number of ether oxygens (including phenoxy) is 1. The van der Waals surface area contributed by atoms with Crippen molar-refractivity contribution < 1.29 is 9.26 Å². The predicted octanol–water partition coefficient (Wildman–Crippen LogP) is 2.83. The fourth-order valence-corrected chi connectivity index (χ4v) is 3.96. The van der Waals surface area contributed by atoms with Gasteiger partial charge in [0, 0.05) is 42.0 Å². The maximum absolute atomic E-state index is 12.6. The molecule has 3 heterocycles. The van der Waals surface area contributed by atoms with Crippen LogP contribution in [0.3, 0.4) is 0 Å². The zero-order valence-corrected chi connectivity index (χ0v) is 16.9. The largest absolute Gasteiger partial charge is 0.379 e. The van der Waals surface area contributed by atoms with Gasteiger partial charge >= 0.3 is 0 Å². The fourth-order valence-electron chi connectivity index (χ4n) is 3.64. The Hall–Kier alpha value is -2.29. The molecule has 0 unspecified atom stereocenters. The molecule has 0 spiro atoms. The van der Waals surface area contributed by atoms with Crippen LogP contribution in [0.2, 0.25) is 0 Å². The summed E-state index contributed by atoms with van der Waals surface area (Å²) in [6.07, 6.45) is 0. The van der Waals surface area contributed by atoms with Crippen molar-refractivity contribution in [3.8, 4) is 11.1 Å². The monoisotopic (exact) mass is 400 g/mol. The molecule has 1 aromatic carbocycles. The maximum Gasteiger partial charge on any atom is 0.271 e. The van der Waals surface area contributed by atoms with E-state index in [0.717, 1.165) is 71.2 Å². The van der Waals surface area contributed by atoms with Crippen molar-refractivity contribution >= 4 is 29.2 Å². The van der Waals surface area contributed by atoms with Crippen LogP contribution in [-0.4, -0.2) is 54.4 Å². The lowest BCUT2D eigenvalue weighted by Crippen LogP contribution is -2.39. The Labute approximate surface area is 168 Å². The third-order valence-corrected chi connectivity index (χ3v) is 5.48. The predicted molar refractivity (Wildman–Crippen MR) is 113 cm³/mol. The van der Waals surface area contributed by atoms with Gasteiger partial charge in [0.25, 0.3) is 5.56 Å². The van der Waals surface area contributed by atoms with Crippen molar-refractivity contribution in [1.82, 2.24) is 15.0 Å². The molecule has 0 aliphatic carbocycles. The van der Waals surface area contributed by atoms with Gasteiger partial charge in [0.05, 0.1) is 24.4 Å². The van der Waals surface area contributed by atoms with Gasteiger partial charge < -0.3 is 19.6 Å². The summed E-state index contributed by atoms with van der Waals surface area (Å²) in [5.74, 6) is 0.744. The van der Waals surface area contributed by atoms with Crippen LogP contribution in [-0.2, 0) is 4.74 Å². The number of fused-ring (bicyclic) bond motifs is 1. The van der Waals surface area contributed by atoms with Crippen LogP contribution in [0.25, 0.3) is 22.0 Å². The smallest absolute Gasteiger partial charge is 0.271 e. The summed E-state index contributed by atoms with van der Waals surface area (Å²) in [5, 5.41) is 8.16. The molecule has 2 N–H and O–H groups in total. The lowest BCUT2D eigenvalue weighted by Gasteiger charge is -2.26. The van der Waals surface area contributed by atoms with E-state index in [1.165, 1.54) is 0 Å². The van der Waals surface area contributed by atoms with Crippen LogP contribution in [0.5, 0.6) is 0 Å². The first-order valence-corrected chi connectivity index (χ1v) is 9.85. The third kappa shape index (κ3) is 3.80. The Morgan fingerprint density at radius 3 is 2.75 bits per heavy atom. The highest BCUT2D eigenvalue weighted by Crippen LogP contribution is 2.32. The quantitative estimate of drug-likeness (QED) is 0.571. The Kier molecular flexibility index (Phi) is 5.43. The zero-order chi connectivity index (χ0) is 19.7. The number of nitrogens with zero attached hydrogens (tertiary/aromatic N) is 2. The van der Waals surface area contributed by atoms with E-state index in [9.17, 15) is 4.79 Å². The second kappa shape index (κ2) is 7.98. The first-order valence-electron chi connectivity index (χ1n) is 9.40. The highest BCUT2D eigenvalue weighted by molar-refractivity contribution is 7.80. The summed E-state index contributed by atoms with van der Waals surface area (Å²) in [6.45, 7) is 8.76. The van der Waals surface area contributed by atoms with E-state index in [1.807, 2.05) is 32.0 Å². The number of morpholine rings is 1. The van der Waals surface area contributed by atoms with Gasteiger partial charge in [-0.3, -0.25) is 9.69 Å². The number of aromatic amines is 1. The number of aromatic nitrogens is 2. The average Bonchev–Trinajstić information content (AvgIpc) is 3.01. The lowest BCUT2D eigenvalue weighted by atomic mass is 10.0. The van der Waals surface area contributed by atoms with Gasteiger partial charge in [0.1, 0.15) is 11.4 Å². The van der Waals surface area contributed by atoms with Crippen molar-refractivity contribution in [2.24, 2.45) is 0 Å². The molecule has 4 rings (SSSR count). The summed E-state index contributed by atoms with van der Waals surface area (Å²) in [5.41, 5.74) is 3.84. The average molecular weight is 401 g/mol. The van der Waals surface area contributed by atoms with Crippen LogP contribution < -0.4 is 10.9 Å². The lowest BCUT2D eigenvalue weighted by molar-refractivity contribution is 0.0398. The van der Waals surface area contributed by atoms with Crippen LogP contribution >= 0.6 is 12.6 Å². The molecule has 0 atom stereocenters. The molecule has 148 valence electrons. The Balaban J connectivity index is 1.59. The topological polar surface area (TPSA) is 83.4 Å². The van der Waals surface area contributed by atoms with Crippen molar-refractivity contribution in [1.29, 1.82) is 0 Å². The van der Waals surface area contributed by atoms with E-state index in [2.05, 4.69) is 33.0 Å². The molecular formula is C20H24N4O3S. The van der Waals surface area contributed by atoms with Gasteiger partial charge in [-0.1, -0.05) is 5.16 Å². The van der Waals surface area contributed by atoms with E-state index < -0.39 is 0 Å². The number of anilines is 1. The summed E-state index contributed by atoms with van der Waals surface area (Å²) >= 11 is 4.65. The van der Waals surface area contributed by atoms with Crippen molar-refractivity contribution in [2.75, 3.05) is 44.7 Å². The third-order valence-electron chi connectivity index (χ3n) is 5.11. The molecule has 1 aliphatic rings. The second-order valence-corrected chi connectivity index (χ2v) is 7.53. The van der Waals surface area contributed by atoms with Crippen LogP contribution in [0.15, 0.2) is 32.4 Å². The number of hydrogen-bond acceptors (Lipinski definition) is 7. The number of pyridine rings is 1. The van der Waals surface area contributed by atoms with Gasteiger partial charge in [-0.2, -0.15) is 0 Å². The van der Waals surface area contributed by atoms with Crippen molar-refractivity contribution in [2.45, 2.75) is 18.7 Å². The van der Waals surface area contributed by atoms with Crippen LogP contribution in [0.1, 0.15) is 11.5 Å². The molecule has 0 bridgehead atoms. The number of rotatable bonds is 5. The summed E-state index contributed by atoms with van der Waals surface area (Å²) in [7, 11) is 0. The molecule has 28 heavy (non-hydrogen) atoms. The minimum absolute atomic E-state index is 0.141. The van der Waals surface area contributed by atoms with Crippen molar-refractivity contribution in [3.63, 3.8) is 0 Å². The number of hydrogen-bond donors (Lipinski definition) is 3. The maximum atomic E-state index is 12.6. The van der Waals surface area contributed by atoms with E-state index in [4.69, 9.17) is 9.26 Å². The molecule has 0 saturated carbocycles. The number of H-pyrrole nitrogens is 1. The Morgan fingerprint density at radius 1 is 1.25 bits per heavy atom. The van der Waals surface area contributed by atoms with Gasteiger partial charge in [-0.25, -0.2) is 0 Å². The van der Waals surface area contributed by atoms with E-state index in [0.29, 0.717) is 12.2 Å². The van der Waals surface area contributed by atoms with Gasteiger partial charge in [-0.15, -0.1) is 12.6 Å². The molecule has 7 nitrogen and oxygen atoms in total. The minimum Gasteiger partial charge on any atom is -0.379 e. The van der Waals surface area contributed by atoms with Crippen LogP contribution in [0, 0.1) is 13.8 Å². The highest BCUT2D eigenvalue weighted by atomic mass is 32.1. The van der Waals surface area contributed by atoms with Gasteiger partial charge in [-0.05, 0) is 37.6 Å². The SMILES string of the molecule is Cc1noc(C)c1-c1cc(S)c2cc(NCCN3CCOCC3)c(=O)[nH]c2c1. The van der Waals surface area contributed by atoms with Crippen LogP contribution in [0.4, 0.5) is 5.69 Å². The molecule has 0 amide bonds. The van der Waals surface area contributed by atoms with E-state index in [-0.39, 0.29) is 5.56 Å².